The molecule has 1 aliphatic rings. The summed E-state index contributed by atoms with van der Waals surface area (Å²) < 4.78 is 27.2. The first-order valence-corrected chi connectivity index (χ1v) is 10.4. The molecule has 0 radical (unpaired) electrons. The summed E-state index contributed by atoms with van der Waals surface area (Å²) >= 11 is 5.74. The van der Waals surface area contributed by atoms with Gasteiger partial charge in [0.1, 0.15) is 11.6 Å². The molecule has 166 valence electrons. The van der Waals surface area contributed by atoms with E-state index in [9.17, 15) is 18.4 Å². The molecule has 1 aliphatic heterocycles. The van der Waals surface area contributed by atoms with Gasteiger partial charge in [0, 0.05) is 36.9 Å². The van der Waals surface area contributed by atoms with Gasteiger partial charge >= 0.3 is 0 Å². The van der Waals surface area contributed by atoms with E-state index < -0.39 is 23.7 Å². The number of rotatable bonds is 6. The van der Waals surface area contributed by atoms with Crippen molar-refractivity contribution in [2.45, 2.75) is 25.9 Å². The summed E-state index contributed by atoms with van der Waals surface area (Å²) in [5.74, 6) is -1.53. The van der Waals surface area contributed by atoms with Crippen LogP contribution >= 0.6 is 11.6 Å². The number of piperazine rings is 1. The largest absolute Gasteiger partial charge is 0.325 e. The van der Waals surface area contributed by atoms with Crippen LogP contribution in [0.1, 0.15) is 13.8 Å². The SMILES string of the molecule is CC(C(=O)Nc1cccc(F)c1)N1CCN(C(C)C(=O)Nc2ccc(Cl)cc2F)CC1. The first-order valence-electron chi connectivity index (χ1n) is 10.0. The Hall–Kier alpha value is -2.55. The second-order valence-corrected chi connectivity index (χ2v) is 7.97. The molecule has 0 saturated carbocycles. The summed E-state index contributed by atoms with van der Waals surface area (Å²) in [5.41, 5.74) is 0.498. The van der Waals surface area contributed by atoms with Crippen LogP contribution in [0.25, 0.3) is 0 Å². The van der Waals surface area contributed by atoms with Crippen molar-refractivity contribution in [1.82, 2.24) is 9.80 Å². The highest BCUT2D eigenvalue weighted by Gasteiger charge is 2.30. The lowest BCUT2D eigenvalue weighted by molar-refractivity contribution is -0.124. The van der Waals surface area contributed by atoms with Gasteiger partial charge in [-0.15, -0.1) is 0 Å². The van der Waals surface area contributed by atoms with Gasteiger partial charge in [-0.1, -0.05) is 17.7 Å². The van der Waals surface area contributed by atoms with E-state index in [1.807, 2.05) is 9.80 Å². The van der Waals surface area contributed by atoms with E-state index >= 15 is 0 Å². The van der Waals surface area contributed by atoms with Gasteiger partial charge < -0.3 is 10.6 Å². The van der Waals surface area contributed by atoms with Crippen molar-refractivity contribution in [2.75, 3.05) is 36.8 Å². The second kappa shape index (κ2) is 10.2. The Balaban J connectivity index is 1.50. The standard InChI is InChI=1S/C22H25ClF2N4O2/c1-14(21(30)26-18-5-3-4-17(24)13-18)28-8-10-29(11-9-28)15(2)22(31)27-20-7-6-16(23)12-19(20)25/h3-7,12-15H,8-11H2,1-2H3,(H,26,30)(H,27,31). The molecule has 1 fully saturated rings. The van der Waals surface area contributed by atoms with Crippen molar-refractivity contribution in [3.8, 4) is 0 Å². The Morgan fingerprint density at radius 2 is 1.48 bits per heavy atom. The predicted octanol–water partition coefficient (Wildman–Crippen LogP) is 3.59. The van der Waals surface area contributed by atoms with Crippen LogP contribution in [0.15, 0.2) is 42.5 Å². The molecule has 0 aromatic heterocycles. The summed E-state index contributed by atoms with van der Waals surface area (Å²) in [4.78, 5) is 29.0. The number of amides is 2. The van der Waals surface area contributed by atoms with E-state index in [0.29, 0.717) is 31.9 Å². The molecule has 2 N–H and O–H groups in total. The zero-order valence-corrected chi connectivity index (χ0v) is 18.1. The van der Waals surface area contributed by atoms with Gasteiger partial charge in [0.25, 0.3) is 0 Å². The highest BCUT2D eigenvalue weighted by Crippen LogP contribution is 2.20. The van der Waals surface area contributed by atoms with Crippen LogP contribution in [-0.4, -0.2) is 59.9 Å². The van der Waals surface area contributed by atoms with Crippen LogP contribution in [0.4, 0.5) is 20.2 Å². The number of hydrogen-bond acceptors (Lipinski definition) is 4. The van der Waals surface area contributed by atoms with E-state index in [-0.39, 0.29) is 22.5 Å². The molecule has 9 heteroatoms. The lowest BCUT2D eigenvalue weighted by Gasteiger charge is -2.39. The third-order valence-corrected chi connectivity index (χ3v) is 5.72. The molecule has 6 nitrogen and oxygen atoms in total. The Kier molecular flexibility index (Phi) is 7.59. The smallest absolute Gasteiger partial charge is 0.241 e. The molecule has 1 heterocycles. The number of hydrogen-bond donors (Lipinski definition) is 2. The average molecular weight is 451 g/mol. The fourth-order valence-electron chi connectivity index (χ4n) is 3.48. The summed E-state index contributed by atoms with van der Waals surface area (Å²) in [6, 6.07) is 8.98. The number of nitrogens with one attached hydrogen (secondary N) is 2. The fraction of sp³-hybridized carbons (Fsp3) is 0.364. The first-order chi connectivity index (χ1) is 14.7. The molecule has 2 aromatic carbocycles. The molecular formula is C22H25ClF2N4O2. The quantitative estimate of drug-likeness (QED) is 0.706. The molecule has 0 aliphatic carbocycles. The fourth-order valence-corrected chi connectivity index (χ4v) is 3.64. The predicted molar refractivity (Wildman–Crippen MR) is 117 cm³/mol. The minimum atomic E-state index is -0.587. The van der Waals surface area contributed by atoms with Crippen LogP contribution in [0, 0.1) is 11.6 Å². The molecular weight excluding hydrogens is 426 g/mol. The number of anilines is 2. The van der Waals surface area contributed by atoms with E-state index in [1.165, 1.54) is 30.3 Å². The Morgan fingerprint density at radius 3 is 2.03 bits per heavy atom. The van der Waals surface area contributed by atoms with Gasteiger partial charge in [0.15, 0.2) is 0 Å². The molecule has 0 bridgehead atoms. The van der Waals surface area contributed by atoms with Crippen molar-refractivity contribution in [2.24, 2.45) is 0 Å². The lowest BCUT2D eigenvalue weighted by Crippen LogP contribution is -2.56. The van der Waals surface area contributed by atoms with Crippen molar-refractivity contribution in [3.05, 3.63) is 59.1 Å². The minimum absolute atomic E-state index is 0.0857. The number of nitrogens with zero attached hydrogens (tertiary/aromatic N) is 2. The maximum Gasteiger partial charge on any atom is 0.241 e. The molecule has 2 atom stereocenters. The van der Waals surface area contributed by atoms with Crippen LogP contribution in [-0.2, 0) is 9.59 Å². The summed E-state index contributed by atoms with van der Waals surface area (Å²) in [5, 5.41) is 5.58. The number of carbonyl (C=O) groups excluding carboxylic acids is 2. The van der Waals surface area contributed by atoms with Gasteiger partial charge in [0.2, 0.25) is 11.8 Å². The van der Waals surface area contributed by atoms with E-state index in [0.717, 1.165) is 6.07 Å². The van der Waals surface area contributed by atoms with E-state index in [2.05, 4.69) is 10.6 Å². The normalized spacial score (nSPS) is 17.1. The van der Waals surface area contributed by atoms with Crippen LogP contribution in [0.2, 0.25) is 5.02 Å². The topological polar surface area (TPSA) is 64.7 Å². The second-order valence-electron chi connectivity index (χ2n) is 7.54. The van der Waals surface area contributed by atoms with Crippen molar-refractivity contribution in [3.63, 3.8) is 0 Å². The van der Waals surface area contributed by atoms with Crippen LogP contribution in [0.3, 0.4) is 0 Å². The molecule has 1 saturated heterocycles. The van der Waals surface area contributed by atoms with Crippen molar-refractivity contribution >= 4 is 34.8 Å². The van der Waals surface area contributed by atoms with Crippen LogP contribution in [0.5, 0.6) is 0 Å². The third kappa shape index (κ3) is 6.00. The Bertz CT molecular complexity index is 951. The highest BCUT2D eigenvalue weighted by molar-refractivity contribution is 6.30. The number of carbonyl (C=O) groups is 2. The molecule has 0 spiro atoms. The maximum absolute atomic E-state index is 13.9. The zero-order valence-electron chi connectivity index (χ0n) is 17.4. The van der Waals surface area contributed by atoms with E-state index in [1.54, 1.807) is 19.9 Å². The van der Waals surface area contributed by atoms with Crippen molar-refractivity contribution < 1.29 is 18.4 Å². The van der Waals surface area contributed by atoms with Gasteiger partial charge in [0.05, 0.1) is 17.8 Å². The third-order valence-electron chi connectivity index (χ3n) is 5.48. The number of halogens is 3. The molecule has 3 rings (SSSR count). The molecule has 31 heavy (non-hydrogen) atoms. The molecule has 2 aromatic rings. The maximum atomic E-state index is 13.9. The van der Waals surface area contributed by atoms with E-state index in [4.69, 9.17) is 11.6 Å². The van der Waals surface area contributed by atoms with Gasteiger partial charge in [-0.25, -0.2) is 8.78 Å². The monoisotopic (exact) mass is 450 g/mol. The zero-order chi connectivity index (χ0) is 22.5. The molecule has 2 amide bonds. The molecule has 2 unspecified atom stereocenters. The average Bonchev–Trinajstić information content (AvgIpc) is 2.74. The lowest BCUT2D eigenvalue weighted by atomic mass is 10.1. The summed E-state index contributed by atoms with van der Waals surface area (Å²) in [6.45, 7) is 5.89. The van der Waals surface area contributed by atoms with Crippen molar-refractivity contribution in [1.29, 1.82) is 0 Å². The summed E-state index contributed by atoms with van der Waals surface area (Å²) in [6.07, 6.45) is 0. The number of benzene rings is 2. The van der Waals surface area contributed by atoms with Crippen LogP contribution < -0.4 is 10.6 Å². The van der Waals surface area contributed by atoms with Gasteiger partial charge in [-0.3, -0.25) is 19.4 Å². The summed E-state index contributed by atoms with van der Waals surface area (Å²) in [7, 11) is 0. The Morgan fingerprint density at radius 1 is 0.903 bits per heavy atom. The first kappa shape index (κ1) is 23.1. The van der Waals surface area contributed by atoms with Gasteiger partial charge in [-0.2, -0.15) is 0 Å². The Labute approximate surface area is 185 Å². The van der Waals surface area contributed by atoms with Gasteiger partial charge in [-0.05, 0) is 50.2 Å². The minimum Gasteiger partial charge on any atom is -0.325 e. The highest BCUT2D eigenvalue weighted by atomic mass is 35.5.